The number of hydrogen-bond donors (Lipinski definition) is 1. The maximum atomic E-state index is 11.3. The smallest absolute Gasteiger partial charge is 0.372 e. The van der Waals surface area contributed by atoms with Crippen LogP contribution >= 0.6 is 0 Å². The maximum absolute atomic E-state index is 11.3. The Hall–Kier alpha value is -3.09. The molecule has 1 aromatic carbocycles. The second kappa shape index (κ2) is 5.72. The summed E-state index contributed by atoms with van der Waals surface area (Å²) in [6, 6.07) is 12.7. The minimum absolute atomic E-state index is 0.0708. The first-order chi connectivity index (χ1) is 10.7. The van der Waals surface area contributed by atoms with Crippen LogP contribution in [0.5, 0.6) is 5.75 Å². The first-order valence-electron chi connectivity index (χ1n) is 6.67. The predicted octanol–water partition coefficient (Wildman–Crippen LogP) is 2.86. The average molecular weight is 298 g/mol. The van der Waals surface area contributed by atoms with Gasteiger partial charge in [0.05, 0.1) is 13.3 Å². The van der Waals surface area contributed by atoms with Gasteiger partial charge in [-0.05, 0) is 28.7 Å². The van der Waals surface area contributed by atoms with Gasteiger partial charge >= 0.3 is 5.82 Å². The number of anilines is 1. The fourth-order valence-electron chi connectivity index (χ4n) is 2.24. The molecule has 0 fully saturated rings. The van der Waals surface area contributed by atoms with Crippen LogP contribution in [0.2, 0.25) is 0 Å². The van der Waals surface area contributed by atoms with E-state index < -0.39 is 4.92 Å². The van der Waals surface area contributed by atoms with E-state index >= 15 is 0 Å². The number of hydrogen-bond acceptors (Lipinski definition) is 5. The van der Waals surface area contributed by atoms with Crippen molar-refractivity contribution in [1.82, 2.24) is 9.38 Å². The van der Waals surface area contributed by atoms with E-state index in [2.05, 4.69) is 10.3 Å². The quantitative estimate of drug-likeness (QED) is 0.578. The molecule has 7 nitrogen and oxygen atoms in total. The molecule has 0 amide bonds. The lowest BCUT2D eigenvalue weighted by Gasteiger charge is -2.05. The molecule has 0 aliphatic carbocycles. The Labute approximate surface area is 126 Å². The zero-order chi connectivity index (χ0) is 15.5. The number of benzene rings is 1. The van der Waals surface area contributed by atoms with Gasteiger partial charge in [-0.15, -0.1) is 0 Å². The number of imidazole rings is 1. The van der Waals surface area contributed by atoms with Crippen LogP contribution in [0.3, 0.4) is 0 Å². The lowest BCUT2D eigenvalue weighted by Crippen LogP contribution is -2.03. The molecule has 3 aromatic rings. The van der Waals surface area contributed by atoms with Gasteiger partial charge in [-0.2, -0.15) is 9.38 Å². The summed E-state index contributed by atoms with van der Waals surface area (Å²) >= 11 is 0. The molecule has 0 aliphatic rings. The second-order valence-corrected chi connectivity index (χ2v) is 4.68. The highest BCUT2D eigenvalue weighted by atomic mass is 16.6. The number of nitro groups is 1. The molecular formula is C15H14N4O3. The lowest BCUT2D eigenvalue weighted by atomic mass is 10.2. The van der Waals surface area contributed by atoms with E-state index in [1.165, 1.54) is 4.40 Å². The van der Waals surface area contributed by atoms with E-state index in [0.717, 1.165) is 11.3 Å². The Balaban J connectivity index is 1.90. The van der Waals surface area contributed by atoms with Crippen molar-refractivity contribution < 1.29 is 9.66 Å². The fourth-order valence-corrected chi connectivity index (χ4v) is 2.24. The van der Waals surface area contributed by atoms with Gasteiger partial charge in [0.25, 0.3) is 0 Å². The second-order valence-electron chi connectivity index (χ2n) is 4.68. The van der Waals surface area contributed by atoms with E-state index in [1.807, 2.05) is 24.3 Å². The van der Waals surface area contributed by atoms with E-state index in [9.17, 15) is 10.1 Å². The summed E-state index contributed by atoms with van der Waals surface area (Å²) in [5.74, 6) is 0.918. The molecule has 0 unspecified atom stereocenters. The zero-order valence-electron chi connectivity index (χ0n) is 11.9. The van der Waals surface area contributed by atoms with Crippen molar-refractivity contribution in [3.63, 3.8) is 0 Å². The highest BCUT2D eigenvalue weighted by molar-refractivity contribution is 5.62. The molecule has 0 spiro atoms. The molecule has 2 heterocycles. The SMILES string of the molecule is COc1cccc(CNc2nc3ccccn3c2[N+](=O)[O-])c1. The van der Waals surface area contributed by atoms with Gasteiger partial charge in [0.15, 0.2) is 0 Å². The number of rotatable bonds is 5. The molecule has 112 valence electrons. The first-order valence-corrected chi connectivity index (χ1v) is 6.67. The highest BCUT2D eigenvalue weighted by Crippen LogP contribution is 2.26. The van der Waals surface area contributed by atoms with Crippen molar-refractivity contribution in [3.8, 4) is 5.75 Å². The Kier molecular flexibility index (Phi) is 3.61. The standard InChI is InChI=1S/C15H14N4O3/c1-22-12-6-4-5-11(9-12)10-16-14-15(19(20)21)18-8-3-2-7-13(18)17-14/h2-9,16H,10H2,1H3. The number of methoxy groups -OCH3 is 1. The number of fused-ring (bicyclic) bond motifs is 1. The molecule has 0 aliphatic heterocycles. The maximum Gasteiger partial charge on any atom is 0.372 e. The third-order valence-corrected chi connectivity index (χ3v) is 3.27. The van der Waals surface area contributed by atoms with Gasteiger partial charge < -0.3 is 20.2 Å². The van der Waals surface area contributed by atoms with Crippen molar-refractivity contribution in [2.75, 3.05) is 12.4 Å². The summed E-state index contributed by atoms with van der Waals surface area (Å²) < 4.78 is 6.61. The van der Waals surface area contributed by atoms with Gasteiger partial charge in [0.1, 0.15) is 5.75 Å². The van der Waals surface area contributed by atoms with E-state index in [-0.39, 0.29) is 11.6 Å². The third-order valence-electron chi connectivity index (χ3n) is 3.27. The molecule has 7 heteroatoms. The van der Waals surface area contributed by atoms with Crippen molar-refractivity contribution in [1.29, 1.82) is 0 Å². The largest absolute Gasteiger partial charge is 0.497 e. The van der Waals surface area contributed by atoms with Crippen LogP contribution in [0.25, 0.3) is 5.65 Å². The number of nitrogens with one attached hydrogen (secondary N) is 1. The zero-order valence-corrected chi connectivity index (χ0v) is 11.9. The molecule has 0 radical (unpaired) electrons. The van der Waals surface area contributed by atoms with Crippen LogP contribution in [0.1, 0.15) is 5.56 Å². The molecule has 22 heavy (non-hydrogen) atoms. The van der Waals surface area contributed by atoms with Gasteiger partial charge in [-0.1, -0.05) is 18.2 Å². The van der Waals surface area contributed by atoms with Crippen molar-refractivity contribution in [2.24, 2.45) is 0 Å². The van der Waals surface area contributed by atoms with Gasteiger partial charge in [-0.25, -0.2) is 0 Å². The minimum Gasteiger partial charge on any atom is -0.497 e. The Morgan fingerprint density at radius 2 is 2.18 bits per heavy atom. The molecule has 0 saturated heterocycles. The van der Waals surface area contributed by atoms with Crippen LogP contribution < -0.4 is 10.1 Å². The molecule has 0 saturated carbocycles. The Morgan fingerprint density at radius 1 is 1.32 bits per heavy atom. The lowest BCUT2D eigenvalue weighted by molar-refractivity contribution is -0.389. The molecule has 3 rings (SSSR count). The summed E-state index contributed by atoms with van der Waals surface area (Å²) in [6.07, 6.45) is 1.62. The Morgan fingerprint density at radius 3 is 2.95 bits per heavy atom. The summed E-state index contributed by atoms with van der Waals surface area (Å²) in [6.45, 7) is 0.419. The van der Waals surface area contributed by atoms with E-state index in [0.29, 0.717) is 12.2 Å². The van der Waals surface area contributed by atoms with Crippen LogP contribution in [0, 0.1) is 10.1 Å². The number of nitrogens with zero attached hydrogens (tertiary/aromatic N) is 3. The van der Waals surface area contributed by atoms with E-state index in [4.69, 9.17) is 4.74 Å². The topological polar surface area (TPSA) is 81.7 Å². The number of ether oxygens (including phenoxy) is 1. The van der Waals surface area contributed by atoms with Crippen molar-refractivity contribution in [2.45, 2.75) is 6.54 Å². The molecule has 0 bridgehead atoms. The minimum atomic E-state index is -0.437. The predicted molar refractivity (Wildman–Crippen MR) is 82.2 cm³/mol. The molecule has 2 aromatic heterocycles. The van der Waals surface area contributed by atoms with Crippen molar-refractivity contribution >= 4 is 17.3 Å². The van der Waals surface area contributed by atoms with Gasteiger partial charge in [-0.3, -0.25) is 0 Å². The fraction of sp³-hybridized carbons (Fsp3) is 0.133. The number of aromatic nitrogens is 2. The average Bonchev–Trinajstić information content (AvgIpc) is 2.91. The molecule has 0 atom stereocenters. The van der Waals surface area contributed by atoms with Gasteiger partial charge in [0, 0.05) is 12.6 Å². The highest BCUT2D eigenvalue weighted by Gasteiger charge is 2.21. The summed E-state index contributed by atoms with van der Waals surface area (Å²) in [5, 5.41) is 14.3. The molecule has 1 N–H and O–H groups in total. The van der Waals surface area contributed by atoms with Crippen LogP contribution in [0.4, 0.5) is 11.6 Å². The van der Waals surface area contributed by atoms with E-state index in [1.54, 1.807) is 31.5 Å². The summed E-state index contributed by atoms with van der Waals surface area (Å²) in [4.78, 5) is 15.1. The third kappa shape index (κ3) is 2.56. The van der Waals surface area contributed by atoms with Crippen LogP contribution in [-0.2, 0) is 6.54 Å². The monoisotopic (exact) mass is 298 g/mol. The summed E-state index contributed by atoms with van der Waals surface area (Å²) in [5.41, 5.74) is 1.48. The van der Waals surface area contributed by atoms with Crippen LogP contribution in [-0.4, -0.2) is 21.4 Å². The van der Waals surface area contributed by atoms with Gasteiger partial charge in [0.2, 0.25) is 11.5 Å². The van der Waals surface area contributed by atoms with Crippen molar-refractivity contribution in [3.05, 3.63) is 64.3 Å². The normalized spacial score (nSPS) is 10.6. The van der Waals surface area contributed by atoms with Crippen LogP contribution in [0.15, 0.2) is 48.7 Å². The first kappa shape index (κ1) is 13.9. The number of pyridine rings is 1. The Bertz CT molecular complexity index is 829. The summed E-state index contributed by atoms with van der Waals surface area (Å²) in [7, 11) is 1.60. The molecular weight excluding hydrogens is 284 g/mol.